The van der Waals surface area contributed by atoms with E-state index in [1.54, 1.807) is 11.3 Å². The van der Waals surface area contributed by atoms with Crippen molar-refractivity contribution in [2.45, 2.75) is 26.3 Å². The molecular formula is C20H28N4OS. The molecule has 1 aromatic heterocycles. The number of hydrogen-bond donors (Lipinski definition) is 1. The van der Waals surface area contributed by atoms with Gasteiger partial charge in [-0.1, -0.05) is 31.2 Å². The van der Waals surface area contributed by atoms with Crippen LogP contribution in [0.4, 0.5) is 0 Å². The Balaban J connectivity index is 1.56. The van der Waals surface area contributed by atoms with E-state index in [1.165, 1.54) is 5.56 Å². The first kappa shape index (κ1) is 19.0. The van der Waals surface area contributed by atoms with Gasteiger partial charge in [0.25, 0.3) is 0 Å². The van der Waals surface area contributed by atoms with E-state index >= 15 is 0 Å². The van der Waals surface area contributed by atoms with Crippen molar-refractivity contribution in [2.75, 3.05) is 39.8 Å². The summed E-state index contributed by atoms with van der Waals surface area (Å²) in [5, 5.41) is 5.86. The maximum absolute atomic E-state index is 11.8. The first-order chi connectivity index (χ1) is 12.6. The number of thiazole rings is 1. The van der Waals surface area contributed by atoms with Crippen molar-refractivity contribution in [3.8, 4) is 10.6 Å². The van der Waals surface area contributed by atoms with E-state index in [4.69, 9.17) is 0 Å². The highest BCUT2D eigenvalue weighted by Crippen LogP contribution is 2.24. The number of benzene rings is 1. The number of carbonyl (C=O) groups is 1. The highest BCUT2D eigenvalue weighted by Gasteiger charge is 2.14. The van der Waals surface area contributed by atoms with E-state index in [9.17, 15) is 4.79 Å². The monoisotopic (exact) mass is 372 g/mol. The van der Waals surface area contributed by atoms with Crippen LogP contribution in [0.5, 0.6) is 0 Å². The number of nitrogens with one attached hydrogen (secondary N) is 1. The Hall–Kier alpha value is -1.76. The molecule has 3 rings (SSSR count). The maximum Gasteiger partial charge on any atom is 0.226 e. The third-order valence-corrected chi connectivity index (χ3v) is 5.61. The third kappa shape index (κ3) is 5.37. The minimum absolute atomic E-state index is 0.0474. The number of rotatable bonds is 7. The van der Waals surface area contributed by atoms with Crippen molar-refractivity contribution >= 4 is 17.2 Å². The summed E-state index contributed by atoms with van der Waals surface area (Å²) in [7, 11) is 2.18. The molecule has 1 N–H and O–H groups in total. The molecule has 2 aromatic rings. The largest absolute Gasteiger partial charge is 0.356 e. The van der Waals surface area contributed by atoms with Crippen LogP contribution in [0.3, 0.4) is 0 Å². The molecule has 1 fully saturated rings. The van der Waals surface area contributed by atoms with Crippen molar-refractivity contribution in [3.05, 3.63) is 40.9 Å². The average molecular weight is 373 g/mol. The van der Waals surface area contributed by atoms with Crippen molar-refractivity contribution in [2.24, 2.45) is 0 Å². The quantitative estimate of drug-likeness (QED) is 0.812. The SMILES string of the molecule is CCCNC(=O)Cc1csc(-c2ccc(CN3CCN(C)CC3)cc2)n1. The fraction of sp³-hybridized carbons (Fsp3) is 0.500. The number of aromatic nitrogens is 1. The van der Waals surface area contributed by atoms with Gasteiger partial charge < -0.3 is 10.2 Å². The second kappa shape index (κ2) is 9.26. The Morgan fingerprint density at radius 2 is 1.92 bits per heavy atom. The Kier molecular flexibility index (Phi) is 6.77. The molecule has 1 aliphatic rings. The summed E-state index contributed by atoms with van der Waals surface area (Å²) in [5.41, 5.74) is 3.31. The molecule has 0 radical (unpaired) electrons. The summed E-state index contributed by atoms with van der Waals surface area (Å²) in [5.74, 6) is 0.0474. The number of carbonyl (C=O) groups excluding carboxylic acids is 1. The fourth-order valence-electron chi connectivity index (χ4n) is 3.03. The summed E-state index contributed by atoms with van der Waals surface area (Å²) >= 11 is 1.60. The molecule has 0 bridgehead atoms. The Morgan fingerprint density at radius 3 is 2.62 bits per heavy atom. The Morgan fingerprint density at radius 1 is 1.19 bits per heavy atom. The van der Waals surface area contributed by atoms with Gasteiger partial charge in [0.2, 0.25) is 5.91 Å². The molecule has 0 spiro atoms. The molecule has 1 amide bonds. The van der Waals surface area contributed by atoms with Crippen LogP contribution in [-0.4, -0.2) is 60.5 Å². The van der Waals surface area contributed by atoms with E-state index in [-0.39, 0.29) is 5.91 Å². The minimum Gasteiger partial charge on any atom is -0.356 e. The van der Waals surface area contributed by atoms with Crippen molar-refractivity contribution in [1.82, 2.24) is 20.1 Å². The molecular weight excluding hydrogens is 344 g/mol. The zero-order valence-corrected chi connectivity index (χ0v) is 16.5. The van der Waals surface area contributed by atoms with E-state index < -0.39 is 0 Å². The molecule has 0 unspecified atom stereocenters. The fourth-order valence-corrected chi connectivity index (χ4v) is 3.85. The van der Waals surface area contributed by atoms with Crippen molar-refractivity contribution < 1.29 is 4.79 Å². The molecule has 1 saturated heterocycles. The Bertz CT molecular complexity index is 705. The molecule has 26 heavy (non-hydrogen) atoms. The minimum atomic E-state index is 0.0474. The molecule has 1 aliphatic heterocycles. The molecule has 2 heterocycles. The van der Waals surface area contributed by atoms with Gasteiger partial charge >= 0.3 is 0 Å². The van der Waals surface area contributed by atoms with Crippen LogP contribution in [0.1, 0.15) is 24.6 Å². The van der Waals surface area contributed by atoms with E-state index in [0.717, 1.165) is 62.0 Å². The first-order valence-electron chi connectivity index (χ1n) is 9.35. The van der Waals surface area contributed by atoms with Crippen molar-refractivity contribution in [1.29, 1.82) is 0 Å². The van der Waals surface area contributed by atoms with Gasteiger partial charge in [0.05, 0.1) is 12.1 Å². The van der Waals surface area contributed by atoms with Gasteiger partial charge in [-0.05, 0) is 19.0 Å². The number of piperazine rings is 1. The predicted octanol–water partition coefficient (Wildman–Crippen LogP) is 2.63. The highest BCUT2D eigenvalue weighted by atomic mass is 32.1. The summed E-state index contributed by atoms with van der Waals surface area (Å²) in [6, 6.07) is 8.68. The lowest BCUT2D eigenvalue weighted by molar-refractivity contribution is -0.120. The molecule has 140 valence electrons. The van der Waals surface area contributed by atoms with Crippen LogP contribution in [0.2, 0.25) is 0 Å². The van der Waals surface area contributed by atoms with Gasteiger partial charge in [0.15, 0.2) is 0 Å². The number of likely N-dealkylation sites (N-methyl/N-ethyl adjacent to an activating group) is 1. The van der Waals surface area contributed by atoms with Gasteiger partial charge in [0, 0.05) is 50.2 Å². The lowest BCUT2D eigenvalue weighted by atomic mass is 10.1. The van der Waals surface area contributed by atoms with Gasteiger partial charge in [0.1, 0.15) is 5.01 Å². The standard InChI is InChI=1S/C20H28N4OS/c1-3-8-21-19(25)13-18-15-26-20(22-18)17-6-4-16(5-7-17)14-24-11-9-23(2)10-12-24/h4-7,15H,3,8-14H2,1-2H3,(H,21,25). The molecule has 0 saturated carbocycles. The molecule has 6 heteroatoms. The Labute approximate surface area is 160 Å². The molecule has 1 aromatic carbocycles. The van der Waals surface area contributed by atoms with Crippen molar-refractivity contribution in [3.63, 3.8) is 0 Å². The van der Waals surface area contributed by atoms with E-state index in [1.807, 2.05) is 5.38 Å². The lowest BCUT2D eigenvalue weighted by Gasteiger charge is -2.32. The summed E-state index contributed by atoms with van der Waals surface area (Å²) < 4.78 is 0. The van der Waals surface area contributed by atoms with Crippen LogP contribution in [-0.2, 0) is 17.8 Å². The first-order valence-corrected chi connectivity index (χ1v) is 10.2. The zero-order chi connectivity index (χ0) is 18.4. The predicted molar refractivity (Wildman–Crippen MR) is 107 cm³/mol. The van der Waals surface area contributed by atoms with Crippen LogP contribution >= 0.6 is 11.3 Å². The second-order valence-electron chi connectivity index (χ2n) is 6.95. The smallest absolute Gasteiger partial charge is 0.226 e. The summed E-state index contributed by atoms with van der Waals surface area (Å²) in [6.07, 6.45) is 1.31. The summed E-state index contributed by atoms with van der Waals surface area (Å²) in [4.78, 5) is 21.3. The molecule has 5 nitrogen and oxygen atoms in total. The zero-order valence-electron chi connectivity index (χ0n) is 15.7. The second-order valence-corrected chi connectivity index (χ2v) is 7.81. The van der Waals surface area contributed by atoms with E-state index in [0.29, 0.717) is 6.42 Å². The number of hydrogen-bond acceptors (Lipinski definition) is 5. The average Bonchev–Trinajstić information content (AvgIpc) is 3.11. The van der Waals surface area contributed by atoms with Gasteiger partial charge in [-0.2, -0.15) is 0 Å². The molecule has 0 atom stereocenters. The van der Waals surface area contributed by atoms with Crippen LogP contribution in [0, 0.1) is 0 Å². The lowest BCUT2D eigenvalue weighted by Crippen LogP contribution is -2.43. The molecule has 0 aliphatic carbocycles. The number of nitrogens with zero attached hydrogens (tertiary/aromatic N) is 3. The third-order valence-electron chi connectivity index (χ3n) is 4.67. The van der Waals surface area contributed by atoms with Gasteiger partial charge in [-0.25, -0.2) is 4.98 Å². The maximum atomic E-state index is 11.8. The van der Waals surface area contributed by atoms with Gasteiger partial charge in [-0.3, -0.25) is 9.69 Å². The van der Waals surface area contributed by atoms with Crippen LogP contribution in [0.25, 0.3) is 10.6 Å². The number of amides is 1. The summed E-state index contributed by atoms with van der Waals surface area (Å²) in [6.45, 7) is 8.34. The van der Waals surface area contributed by atoms with Gasteiger partial charge in [-0.15, -0.1) is 11.3 Å². The highest BCUT2D eigenvalue weighted by molar-refractivity contribution is 7.13. The normalized spacial score (nSPS) is 15.9. The van der Waals surface area contributed by atoms with Crippen LogP contribution in [0.15, 0.2) is 29.6 Å². The van der Waals surface area contributed by atoms with E-state index in [2.05, 4.69) is 58.3 Å². The topological polar surface area (TPSA) is 48.5 Å². The van der Waals surface area contributed by atoms with Crippen LogP contribution < -0.4 is 5.32 Å².